The summed E-state index contributed by atoms with van der Waals surface area (Å²) < 4.78 is 6.87. The number of rotatable bonds is 4. The number of carbonyl (C=O) groups is 1. The number of ether oxygens (including phenoxy) is 1. The molecule has 0 aliphatic rings. The van der Waals surface area contributed by atoms with E-state index in [0.717, 1.165) is 34.6 Å². The van der Waals surface area contributed by atoms with Crippen LogP contribution in [0.5, 0.6) is 0 Å². The van der Waals surface area contributed by atoms with Gasteiger partial charge in [-0.3, -0.25) is 4.57 Å². The smallest absolute Gasteiger partial charge is 0.418 e. The van der Waals surface area contributed by atoms with Gasteiger partial charge in [-0.25, -0.2) is 4.79 Å². The Bertz CT molecular complexity index is 589. The quantitative estimate of drug-likeness (QED) is 0.606. The van der Waals surface area contributed by atoms with Crippen LogP contribution in [0, 0.1) is 6.92 Å². The molecular formula is C15H18BrNO2. The molecule has 3 nitrogen and oxygen atoms in total. The normalized spacial score (nSPS) is 10.9. The molecule has 0 fully saturated rings. The third-order valence-electron chi connectivity index (χ3n) is 3.07. The zero-order chi connectivity index (χ0) is 13.8. The number of nitrogens with zero attached hydrogens (tertiary/aromatic N) is 1. The van der Waals surface area contributed by atoms with Gasteiger partial charge < -0.3 is 4.74 Å². The van der Waals surface area contributed by atoms with Gasteiger partial charge in [0.2, 0.25) is 0 Å². The van der Waals surface area contributed by atoms with Crippen LogP contribution in [0.25, 0.3) is 10.9 Å². The minimum absolute atomic E-state index is 0.297. The van der Waals surface area contributed by atoms with Crippen LogP contribution in [0.4, 0.5) is 4.79 Å². The molecule has 102 valence electrons. The second-order valence-electron chi connectivity index (χ2n) is 4.65. The molecule has 0 amide bonds. The number of alkyl halides is 1. The van der Waals surface area contributed by atoms with E-state index in [4.69, 9.17) is 4.74 Å². The third kappa shape index (κ3) is 3.00. The molecule has 0 atom stereocenters. The number of hydrogen-bond donors (Lipinski definition) is 0. The maximum absolute atomic E-state index is 12.1. The molecule has 2 aromatic rings. The summed E-state index contributed by atoms with van der Waals surface area (Å²) in [4.78, 5) is 12.1. The van der Waals surface area contributed by atoms with Gasteiger partial charge in [0.1, 0.15) is 0 Å². The molecule has 0 N–H and O–H groups in total. The van der Waals surface area contributed by atoms with Crippen molar-refractivity contribution < 1.29 is 9.53 Å². The molecule has 0 saturated carbocycles. The largest absolute Gasteiger partial charge is 0.449 e. The zero-order valence-corrected chi connectivity index (χ0v) is 12.9. The van der Waals surface area contributed by atoms with Crippen molar-refractivity contribution in [3.05, 3.63) is 35.5 Å². The van der Waals surface area contributed by atoms with Crippen LogP contribution < -0.4 is 0 Å². The Kier molecular flexibility index (Phi) is 4.64. The lowest BCUT2D eigenvalue weighted by Crippen LogP contribution is -2.14. The summed E-state index contributed by atoms with van der Waals surface area (Å²) in [5.41, 5.74) is 3.23. The van der Waals surface area contributed by atoms with Crippen molar-refractivity contribution in [2.75, 3.05) is 6.61 Å². The predicted molar refractivity (Wildman–Crippen MR) is 81.0 cm³/mol. The van der Waals surface area contributed by atoms with E-state index in [1.807, 2.05) is 6.07 Å². The van der Waals surface area contributed by atoms with E-state index < -0.39 is 0 Å². The molecule has 1 heterocycles. The van der Waals surface area contributed by atoms with Crippen LogP contribution in [0.1, 0.15) is 30.9 Å². The first-order chi connectivity index (χ1) is 9.17. The Morgan fingerprint density at radius 3 is 2.89 bits per heavy atom. The highest BCUT2D eigenvalue weighted by atomic mass is 79.9. The topological polar surface area (TPSA) is 31.2 Å². The highest BCUT2D eigenvalue weighted by Gasteiger charge is 2.13. The van der Waals surface area contributed by atoms with Gasteiger partial charge in [0.05, 0.1) is 12.1 Å². The first-order valence-electron chi connectivity index (χ1n) is 6.51. The van der Waals surface area contributed by atoms with Gasteiger partial charge in [0.25, 0.3) is 0 Å². The Hall–Kier alpha value is -1.29. The lowest BCUT2D eigenvalue weighted by molar-refractivity contribution is 0.147. The number of carbonyl (C=O) groups excluding carboxylic acids is 1. The van der Waals surface area contributed by atoms with Crippen molar-refractivity contribution in [3.63, 3.8) is 0 Å². The summed E-state index contributed by atoms with van der Waals surface area (Å²) in [5.74, 6) is 0. The number of halogens is 1. The summed E-state index contributed by atoms with van der Waals surface area (Å²) in [6.07, 6.45) is 3.40. The lowest BCUT2D eigenvalue weighted by Gasteiger charge is -2.09. The highest BCUT2D eigenvalue weighted by Crippen LogP contribution is 2.24. The van der Waals surface area contributed by atoms with Gasteiger partial charge in [-0.2, -0.15) is 0 Å². The van der Waals surface area contributed by atoms with E-state index in [2.05, 4.69) is 41.9 Å². The van der Waals surface area contributed by atoms with Crippen LogP contribution in [0.3, 0.4) is 0 Å². The van der Waals surface area contributed by atoms with E-state index in [1.165, 1.54) is 5.56 Å². The second-order valence-corrected chi connectivity index (χ2v) is 5.21. The Labute approximate surface area is 121 Å². The minimum Gasteiger partial charge on any atom is -0.449 e. The fourth-order valence-electron chi connectivity index (χ4n) is 2.16. The van der Waals surface area contributed by atoms with Gasteiger partial charge in [-0.1, -0.05) is 40.9 Å². The standard InChI is InChI=1S/C15H18BrNO2/c1-3-4-7-19-15(18)17-6-5-12-8-11(2)9-13(10-16)14(12)17/h5-6,8-9H,3-4,7,10H2,1-2H3. The molecule has 2 rings (SSSR count). The van der Waals surface area contributed by atoms with E-state index in [0.29, 0.717) is 6.61 Å². The van der Waals surface area contributed by atoms with Crippen LogP contribution in [-0.4, -0.2) is 17.3 Å². The molecule has 0 aliphatic heterocycles. The first kappa shape index (κ1) is 14.1. The molecular weight excluding hydrogens is 306 g/mol. The van der Waals surface area contributed by atoms with E-state index in [9.17, 15) is 4.79 Å². The van der Waals surface area contributed by atoms with Crippen LogP contribution in [-0.2, 0) is 10.1 Å². The summed E-state index contributed by atoms with van der Waals surface area (Å²) >= 11 is 3.48. The number of hydrogen-bond acceptors (Lipinski definition) is 2. The maximum atomic E-state index is 12.1. The maximum Gasteiger partial charge on any atom is 0.418 e. The molecule has 0 saturated heterocycles. The number of unbranched alkanes of at least 4 members (excludes halogenated alkanes) is 1. The van der Waals surface area contributed by atoms with Gasteiger partial charge in [-0.15, -0.1) is 0 Å². The predicted octanol–water partition coefficient (Wildman–Crippen LogP) is 4.63. The fraction of sp³-hybridized carbons (Fsp3) is 0.400. The van der Waals surface area contributed by atoms with Gasteiger partial charge in [0.15, 0.2) is 0 Å². The molecule has 0 spiro atoms. The number of benzene rings is 1. The Morgan fingerprint density at radius 2 is 2.21 bits per heavy atom. The van der Waals surface area contributed by atoms with Crippen molar-refractivity contribution in [1.29, 1.82) is 0 Å². The van der Waals surface area contributed by atoms with Crippen molar-refractivity contribution >= 4 is 32.9 Å². The lowest BCUT2D eigenvalue weighted by atomic mass is 10.1. The molecule has 1 aromatic heterocycles. The van der Waals surface area contributed by atoms with E-state index in [-0.39, 0.29) is 6.09 Å². The first-order valence-corrected chi connectivity index (χ1v) is 7.63. The average Bonchev–Trinajstić information content (AvgIpc) is 2.81. The zero-order valence-electron chi connectivity index (χ0n) is 11.3. The van der Waals surface area contributed by atoms with Gasteiger partial charge >= 0.3 is 6.09 Å². The highest BCUT2D eigenvalue weighted by molar-refractivity contribution is 9.08. The second kappa shape index (κ2) is 6.24. The monoisotopic (exact) mass is 323 g/mol. The van der Waals surface area contributed by atoms with Crippen molar-refractivity contribution in [2.45, 2.75) is 32.0 Å². The van der Waals surface area contributed by atoms with E-state index >= 15 is 0 Å². The fourth-order valence-corrected chi connectivity index (χ4v) is 2.59. The number of aryl methyl sites for hydroxylation is 1. The molecule has 0 aliphatic carbocycles. The number of aromatic nitrogens is 1. The summed E-state index contributed by atoms with van der Waals surface area (Å²) in [6.45, 7) is 4.61. The molecule has 0 unspecified atom stereocenters. The molecule has 0 bridgehead atoms. The van der Waals surface area contributed by atoms with Gasteiger partial charge in [0, 0.05) is 16.9 Å². The summed E-state index contributed by atoms with van der Waals surface area (Å²) in [7, 11) is 0. The Balaban J connectivity index is 2.36. The molecule has 19 heavy (non-hydrogen) atoms. The van der Waals surface area contributed by atoms with Gasteiger partial charge in [-0.05, 0) is 31.0 Å². The SMILES string of the molecule is CCCCOC(=O)n1ccc2cc(C)cc(CBr)c21. The third-order valence-corrected chi connectivity index (χ3v) is 3.67. The van der Waals surface area contributed by atoms with E-state index in [1.54, 1.807) is 10.8 Å². The van der Waals surface area contributed by atoms with Crippen LogP contribution in [0.2, 0.25) is 0 Å². The molecule has 1 aromatic carbocycles. The van der Waals surface area contributed by atoms with Crippen molar-refractivity contribution in [2.24, 2.45) is 0 Å². The number of fused-ring (bicyclic) bond motifs is 1. The summed E-state index contributed by atoms with van der Waals surface area (Å²) in [6, 6.07) is 6.12. The summed E-state index contributed by atoms with van der Waals surface area (Å²) in [5, 5.41) is 1.79. The van der Waals surface area contributed by atoms with Crippen LogP contribution in [0.15, 0.2) is 24.4 Å². The molecule has 4 heteroatoms. The average molecular weight is 324 g/mol. The minimum atomic E-state index is -0.297. The van der Waals surface area contributed by atoms with Crippen molar-refractivity contribution in [1.82, 2.24) is 4.57 Å². The van der Waals surface area contributed by atoms with Crippen molar-refractivity contribution in [3.8, 4) is 0 Å². The molecule has 0 radical (unpaired) electrons. The van der Waals surface area contributed by atoms with Crippen LogP contribution >= 0.6 is 15.9 Å². The Morgan fingerprint density at radius 1 is 1.42 bits per heavy atom.